The third-order valence-electron chi connectivity index (χ3n) is 4.66. The Morgan fingerprint density at radius 2 is 1.43 bits per heavy atom. The van der Waals surface area contributed by atoms with Crippen LogP contribution >= 0.6 is 0 Å². The lowest BCUT2D eigenvalue weighted by molar-refractivity contribution is 0.00578. The van der Waals surface area contributed by atoms with E-state index >= 15 is 0 Å². The summed E-state index contributed by atoms with van der Waals surface area (Å²) in [7, 11) is -0.184. The number of hydrogen-bond donors (Lipinski definition) is 0. The van der Waals surface area contributed by atoms with Crippen LogP contribution in [0.4, 0.5) is 0 Å². The Hall–Kier alpha value is -0.795. The van der Waals surface area contributed by atoms with Gasteiger partial charge in [0.25, 0.3) is 0 Å². The summed E-state index contributed by atoms with van der Waals surface area (Å²) >= 11 is 0. The lowest BCUT2D eigenvalue weighted by Crippen LogP contribution is -2.41. The van der Waals surface area contributed by atoms with E-state index in [2.05, 4.69) is 78.8 Å². The van der Waals surface area contributed by atoms with Crippen LogP contribution < -0.4 is 0 Å². The Bertz CT molecular complexity index is 458. The van der Waals surface area contributed by atoms with E-state index in [1.807, 2.05) is 0 Å². The molecule has 0 N–H and O–H groups in total. The molecule has 2 nitrogen and oxygen atoms in total. The topological polar surface area (TPSA) is 18.5 Å². The molecule has 1 aromatic rings. The normalized spacial score (nSPS) is 22.3. The second-order valence-corrected chi connectivity index (χ2v) is 8.41. The number of hydrogen-bond acceptors (Lipinski definition) is 2. The molecule has 0 amide bonds. The molecule has 1 aromatic carbocycles. The van der Waals surface area contributed by atoms with Crippen molar-refractivity contribution in [2.24, 2.45) is 5.41 Å². The van der Waals surface area contributed by atoms with Crippen molar-refractivity contribution in [3.63, 3.8) is 0 Å². The van der Waals surface area contributed by atoms with Crippen LogP contribution in [0.3, 0.4) is 0 Å². The van der Waals surface area contributed by atoms with Gasteiger partial charge in [0.1, 0.15) is 0 Å². The fourth-order valence-electron chi connectivity index (χ4n) is 2.78. The van der Waals surface area contributed by atoms with Gasteiger partial charge in [-0.25, -0.2) is 0 Å². The molecule has 0 radical (unpaired) electrons. The molecule has 1 fully saturated rings. The van der Waals surface area contributed by atoms with Crippen molar-refractivity contribution in [3.05, 3.63) is 35.9 Å². The largest absolute Gasteiger partial charge is 0.465 e. The Balaban J connectivity index is 2.30. The first-order valence-electron chi connectivity index (χ1n) is 7.92. The van der Waals surface area contributed by atoms with Crippen molar-refractivity contribution in [3.8, 4) is 0 Å². The van der Waals surface area contributed by atoms with Gasteiger partial charge in [-0.2, -0.15) is 0 Å². The Labute approximate surface area is 130 Å². The van der Waals surface area contributed by atoms with Crippen molar-refractivity contribution in [2.75, 3.05) is 0 Å². The van der Waals surface area contributed by atoms with E-state index in [0.717, 1.165) is 6.42 Å². The minimum atomic E-state index is -0.275. The number of rotatable bonds is 3. The highest BCUT2D eigenvalue weighted by molar-refractivity contribution is 6.47. The molecule has 2 rings (SSSR count). The van der Waals surface area contributed by atoms with E-state index in [1.54, 1.807) is 0 Å². The third kappa shape index (κ3) is 3.70. The fraction of sp³-hybridized carbons (Fsp3) is 0.667. The summed E-state index contributed by atoms with van der Waals surface area (Å²) in [6, 6.07) is 10.6. The molecular weight excluding hydrogens is 259 g/mol. The molecule has 1 aliphatic rings. The molecule has 116 valence electrons. The van der Waals surface area contributed by atoms with Gasteiger partial charge in [0, 0.05) is 5.82 Å². The summed E-state index contributed by atoms with van der Waals surface area (Å²) in [5.74, 6) is 0.257. The van der Waals surface area contributed by atoms with Crippen molar-refractivity contribution in [1.82, 2.24) is 0 Å². The average molecular weight is 288 g/mol. The summed E-state index contributed by atoms with van der Waals surface area (Å²) in [5, 5.41) is 0. The van der Waals surface area contributed by atoms with Crippen LogP contribution in [0, 0.1) is 5.41 Å². The molecule has 0 spiro atoms. The first-order valence-corrected chi connectivity index (χ1v) is 7.92. The maximum absolute atomic E-state index is 6.30. The highest BCUT2D eigenvalue weighted by Crippen LogP contribution is 2.43. The molecule has 1 saturated heterocycles. The van der Waals surface area contributed by atoms with Gasteiger partial charge in [-0.1, -0.05) is 51.1 Å². The highest BCUT2D eigenvalue weighted by Gasteiger charge is 2.54. The van der Waals surface area contributed by atoms with Gasteiger partial charge in [-0.15, -0.1) is 0 Å². The van der Waals surface area contributed by atoms with Crippen LogP contribution in [0.2, 0.25) is 0 Å². The van der Waals surface area contributed by atoms with E-state index in [-0.39, 0.29) is 29.6 Å². The summed E-state index contributed by atoms with van der Waals surface area (Å²) < 4.78 is 12.6. The second kappa shape index (κ2) is 5.44. The van der Waals surface area contributed by atoms with Gasteiger partial charge in [-0.05, 0) is 45.1 Å². The zero-order valence-corrected chi connectivity index (χ0v) is 14.6. The highest BCUT2D eigenvalue weighted by atomic mass is 16.7. The predicted octanol–water partition coefficient (Wildman–Crippen LogP) is 4.84. The van der Waals surface area contributed by atoms with Gasteiger partial charge in [0.05, 0.1) is 11.2 Å². The zero-order valence-electron chi connectivity index (χ0n) is 14.6. The molecule has 0 saturated carbocycles. The zero-order chi connectivity index (χ0) is 15.9. The van der Waals surface area contributed by atoms with E-state index in [9.17, 15) is 0 Å². The monoisotopic (exact) mass is 288 g/mol. The van der Waals surface area contributed by atoms with E-state index in [4.69, 9.17) is 9.31 Å². The predicted molar refractivity (Wildman–Crippen MR) is 89.3 cm³/mol. The van der Waals surface area contributed by atoms with Crippen molar-refractivity contribution < 1.29 is 9.31 Å². The Morgan fingerprint density at radius 3 is 1.86 bits per heavy atom. The molecule has 0 aliphatic carbocycles. The van der Waals surface area contributed by atoms with Crippen molar-refractivity contribution in [2.45, 2.75) is 71.9 Å². The van der Waals surface area contributed by atoms with Crippen LogP contribution in [0.1, 0.15) is 66.3 Å². The maximum Gasteiger partial charge on any atom is 0.465 e. The Kier molecular flexibility index (Phi) is 4.29. The van der Waals surface area contributed by atoms with Crippen LogP contribution in [0.15, 0.2) is 30.3 Å². The quantitative estimate of drug-likeness (QED) is 0.741. The molecule has 21 heavy (non-hydrogen) atoms. The molecule has 1 aliphatic heterocycles. The van der Waals surface area contributed by atoms with E-state index < -0.39 is 0 Å². The van der Waals surface area contributed by atoms with Crippen LogP contribution in [-0.4, -0.2) is 18.3 Å². The minimum absolute atomic E-state index is 0.184. The van der Waals surface area contributed by atoms with Crippen LogP contribution in [0.5, 0.6) is 0 Å². The molecule has 0 unspecified atom stereocenters. The average Bonchev–Trinajstić information content (AvgIpc) is 2.55. The second-order valence-electron chi connectivity index (χ2n) is 8.41. The summed E-state index contributed by atoms with van der Waals surface area (Å²) in [6.45, 7) is 15.3. The molecular formula is C18H29BO2. The first kappa shape index (κ1) is 16.6. The smallest absolute Gasteiger partial charge is 0.403 e. The van der Waals surface area contributed by atoms with Crippen LogP contribution in [0.25, 0.3) is 0 Å². The van der Waals surface area contributed by atoms with E-state index in [1.165, 1.54) is 5.56 Å². The molecule has 1 atom stereocenters. The molecule has 1 heterocycles. The molecule has 0 aromatic heterocycles. The van der Waals surface area contributed by atoms with Gasteiger partial charge < -0.3 is 9.31 Å². The lowest BCUT2D eigenvalue weighted by Gasteiger charge is -2.32. The number of benzene rings is 1. The summed E-state index contributed by atoms with van der Waals surface area (Å²) in [5.41, 5.74) is 0.973. The third-order valence-corrected chi connectivity index (χ3v) is 4.66. The summed E-state index contributed by atoms with van der Waals surface area (Å²) in [6.07, 6.45) is 1.04. The van der Waals surface area contributed by atoms with E-state index in [0.29, 0.717) is 0 Å². The fourth-order valence-corrected chi connectivity index (χ4v) is 2.78. The van der Waals surface area contributed by atoms with Crippen LogP contribution in [-0.2, 0) is 9.31 Å². The molecule has 0 bridgehead atoms. The van der Waals surface area contributed by atoms with Gasteiger partial charge in [0.15, 0.2) is 0 Å². The van der Waals surface area contributed by atoms with Gasteiger partial charge in [0.2, 0.25) is 0 Å². The molecule has 3 heteroatoms. The van der Waals surface area contributed by atoms with Gasteiger partial charge in [-0.3, -0.25) is 0 Å². The van der Waals surface area contributed by atoms with Crippen molar-refractivity contribution >= 4 is 7.12 Å². The Morgan fingerprint density at radius 1 is 0.952 bits per heavy atom. The van der Waals surface area contributed by atoms with Gasteiger partial charge >= 0.3 is 7.12 Å². The SMILES string of the molecule is CC(C)(C)C[C@H](B1OC(C)(C)C(C)(C)O1)c1ccccc1. The first-order chi connectivity index (χ1) is 9.52. The maximum atomic E-state index is 6.30. The minimum Gasteiger partial charge on any atom is -0.403 e. The standard InChI is InChI=1S/C18H29BO2/c1-16(2,3)13-15(14-11-9-8-10-12-14)19-20-17(4,5)18(6,7)21-19/h8-12,15H,13H2,1-7H3/t15-/m0/s1. The lowest BCUT2D eigenvalue weighted by atomic mass is 9.62. The summed E-state index contributed by atoms with van der Waals surface area (Å²) in [4.78, 5) is 0. The van der Waals surface area contributed by atoms with Crippen molar-refractivity contribution in [1.29, 1.82) is 0 Å².